The van der Waals surface area contributed by atoms with Crippen LogP contribution in [-0.4, -0.2) is 35.8 Å². The Bertz CT molecular complexity index is 904. The Morgan fingerprint density at radius 1 is 1.07 bits per heavy atom. The second-order valence-corrected chi connectivity index (χ2v) is 6.40. The molecule has 142 valence electrons. The maximum atomic E-state index is 12.0. The van der Waals surface area contributed by atoms with Gasteiger partial charge in [0.05, 0.1) is 18.1 Å². The van der Waals surface area contributed by atoms with Crippen LogP contribution in [0.5, 0.6) is 5.75 Å². The number of aryl methyl sites for hydroxylation is 2. The van der Waals surface area contributed by atoms with E-state index in [0.29, 0.717) is 13.1 Å². The third-order valence-corrected chi connectivity index (χ3v) is 4.56. The summed E-state index contributed by atoms with van der Waals surface area (Å²) in [5, 5.41) is 5.80. The van der Waals surface area contributed by atoms with E-state index >= 15 is 0 Å². The number of hydrogen-bond acceptors (Lipinski definition) is 3. The lowest BCUT2D eigenvalue weighted by atomic mass is 10.1. The number of carbonyl (C=O) groups excluding carboxylic acids is 1. The molecule has 0 saturated carbocycles. The van der Waals surface area contributed by atoms with Crippen molar-refractivity contribution in [2.45, 2.75) is 26.3 Å². The van der Waals surface area contributed by atoms with Crippen molar-refractivity contribution in [2.75, 3.05) is 20.2 Å². The first kappa shape index (κ1) is 18.8. The molecule has 0 saturated heterocycles. The molecule has 3 aromatic rings. The van der Waals surface area contributed by atoms with E-state index in [4.69, 9.17) is 4.74 Å². The van der Waals surface area contributed by atoms with E-state index in [1.165, 1.54) is 0 Å². The molecule has 0 fully saturated rings. The van der Waals surface area contributed by atoms with Crippen LogP contribution >= 0.6 is 0 Å². The molecule has 6 nitrogen and oxygen atoms in total. The number of rotatable bonds is 8. The average molecular weight is 366 g/mol. The third-order valence-electron chi connectivity index (χ3n) is 4.56. The molecule has 0 spiro atoms. The van der Waals surface area contributed by atoms with Crippen molar-refractivity contribution in [3.05, 3.63) is 59.9 Å². The number of methoxy groups -OCH3 is 1. The Morgan fingerprint density at radius 2 is 1.81 bits per heavy atom. The largest absolute Gasteiger partial charge is 0.496 e. The van der Waals surface area contributed by atoms with Crippen LogP contribution in [0.15, 0.2) is 48.5 Å². The van der Waals surface area contributed by atoms with Gasteiger partial charge in [-0.3, -0.25) is 0 Å². The molecule has 0 bridgehead atoms. The van der Waals surface area contributed by atoms with Gasteiger partial charge in [0.15, 0.2) is 0 Å². The van der Waals surface area contributed by atoms with Crippen molar-refractivity contribution < 1.29 is 9.53 Å². The zero-order chi connectivity index (χ0) is 19.1. The standard InChI is InChI=1S/C21H26N4O2/c1-16-24-18-9-4-5-10-19(18)25(16)15-7-13-22-21(26)23-14-12-17-8-3-6-11-20(17)27-2/h3-6,8-11H,7,12-15H2,1-2H3,(H2,22,23,26). The Morgan fingerprint density at radius 3 is 2.67 bits per heavy atom. The van der Waals surface area contributed by atoms with Crippen LogP contribution in [0.25, 0.3) is 11.0 Å². The van der Waals surface area contributed by atoms with Crippen molar-refractivity contribution in [3.8, 4) is 5.75 Å². The minimum atomic E-state index is -0.142. The van der Waals surface area contributed by atoms with Gasteiger partial charge >= 0.3 is 6.03 Å². The first-order chi connectivity index (χ1) is 13.2. The molecular weight excluding hydrogens is 340 g/mol. The van der Waals surface area contributed by atoms with Crippen molar-refractivity contribution in [2.24, 2.45) is 0 Å². The van der Waals surface area contributed by atoms with Crippen LogP contribution in [0.1, 0.15) is 17.8 Å². The lowest BCUT2D eigenvalue weighted by molar-refractivity contribution is 0.240. The number of benzene rings is 2. The van der Waals surface area contributed by atoms with E-state index < -0.39 is 0 Å². The molecular formula is C21H26N4O2. The van der Waals surface area contributed by atoms with Gasteiger partial charge in [0.25, 0.3) is 0 Å². The van der Waals surface area contributed by atoms with E-state index in [1.54, 1.807) is 7.11 Å². The number of aromatic nitrogens is 2. The predicted octanol–water partition coefficient (Wildman–Crippen LogP) is 3.29. The van der Waals surface area contributed by atoms with Crippen LogP contribution in [0.3, 0.4) is 0 Å². The fourth-order valence-electron chi connectivity index (χ4n) is 3.20. The van der Waals surface area contributed by atoms with Gasteiger partial charge in [-0.05, 0) is 43.5 Å². The van der Waals surface area contributed by atoms with Crippen molar-refractivity contribution in [1.82, 2.24) is 20.2 Å². The number of ether oxygens (including phenoxy) is 1. The van der Waals surface area contributed by atoms with Crippen LogP contribution in [0.2, 0.25) is 0 Å². The lowest BCUT2D eigenvalue weighted by Crippen LogP contribution is -2.37. The van der Waals surface area contributed by atoms with E-state index in [1.807, 2.05) is 49.4 Å². The van der Waals surface area contributed by atoms with Crippen molar-refractivity contribution in [3.63, 3.8) is 0 Å². The van der Waals surface area contributed by atoms with Gasteiger partial charge in [-0.25, -0.2) is 9.78 Å². The fraction of sp³-hybridized carbons (Fsp3) is 0.333. The van der Waals surface area contributed by atoms with Gasteiger partial charge in [0.2, 0.25) is 0 Å². The average Bonchev–Trinajstić information content (AvgIpc) is 3.01. The highest BCUT2D eigenvalue weighted by atomic mass is 16.5. The highest BCUT2D eigenvalue weighted by Gasteiger charge is 2.07. The monoisotopic (exact) mass is 366 g/mol. The second-order valence-electron chi connectivity index (χ2n) is 6.40. The number of urea groups is 1. The van der Waals surface area contributed by atoms with Gasteiger partial charge in [-0.15, -0.1) is 0 Å². The highest BCUT2D eigenvalue weighted by Crippen LogP contribution is 2.17. The van der Waals surface area contributed by atoms with Gasteiger partial charge in [-0.1, -0.05) is 30.3 Å². The normalized spacial score (nSPS) is 10.7. The summed E-state index contributed by atoms with van der Waals surface area (Å²) >= 11 is 0. The number of nitrogens with zero attached hydrogens (tertiary/aromatic N) is 2. The maximum absolute atomic E-state index is 12.0. The van der Waals surface area contributed by atoms with Crippen LogP contribution in [0.4, 0.5) is 4.79 Å². The molecule has 1 heterocycles. The molecule has 0 atom stereocenters. The summed E-state index contributed by atoms with van der Waals surface area (Å²) in [4.78, 5) is 16.5. The van der Waals surface area contributed by atoms with E-state index in [-0.39, 0.29) is 6.03 Å². The van der Waals surface area contributed by atoms with Crippen LogP contribution in [-0.2, 0) is 13.0 Å². The Labute approximate surface area is 159 Å². The molecule has 2 amide bonds. The van der Waals surface area contributed by atoms with Gasteiger partial charge in [0.1, 0.15) is 11.6 Å². The molecule has 1 aromatic heterocycles. The number of fused-ring (bicyclic) bond motifs is 1. The summed E-state index contributed by atoms with van der Waals surface area (Å²) in [7, 11) is 1.66. The first-order valence-corrected chi connectivity index (χ1v) is 9.24. The SMILES string of the molecule is COc1ccccc1CCNC(=O)NCCCn1c(C)nc2ccccc21. The summed E-state index contributed by atoms with van der Waals surface area (Å²) in [6.45, 7) is 4.02. The number of imidazole rings is 1. The Balaban J connectivity index is 1.39. The summed E-state index contributed by atoms with van der Waals surface area (Å²) in [5.41, 5.74) is 3.23. The van der Waals surface area contributed by atoms with Gasteiger partial charge < -0.3 is 19.9 Å². The van der Waals surface area contributed by atoms with E-state index in [0.717, 1.165) is 47.6 Å². The first-order valence-electron chi connectivity index (χ1n) is 9.24. The fourth-order valence-corrected chi connectivity index (χ4v) is 3.20. The number of hydrogen-bond donors (Lipinski definition) is 2. The quantitative estimate of drug-likeness (QED) is 0.601. The molecule has 0 aliphatic heterocycles. The molecule has 2 N–H and O–H groups in total. The van der Waals surface area contributed by atoms with Crippen LogP contribution < -0.4 is 15.4 Å². The number of nitrogens with one attached hydrogen (secondary N) is 2. The zero-order valence-electron chi connectivity index (χ0n) is 15.9. The number of para-hydroxylation sites is 3. The lowest BCUT2D eigenvalue weighted by Gasteiger charge is -2.11. The number of amides is 2. The van der Waals surface area contributed by atoms with E-state index in [2.05, 4.69) is 26.3 Å². The van der Waals surface area contributed by atoms with Crippen molar-refractivity contribution in [1.29, 1.82) is 0 Å². The molecule has 0 aliphatic carbocycles. The Kier molecular flexibility index (Phi) is 6.30. The summed E-state index contributed by atoms with van der Waals surface area (Å²) in [6, 6.07) is 15.8. The second kappa shape index (κ2) is 9.07. The molecule has 27 heavy (non-hydrogen) atoms. The van der Waals surface area contributed by atoms with E-state index in [9.17, 15) is 4.79 Å². The summed E-state index contributed by atoms with van der Waals surface area (Å²) in [6.07, 6.45) is 1.58. The van der Waals surface area contributed by atoms with Gasteiger partial charge in [-0.2, -0.15) is 0 Å². The Hall–Kier alpha value is -3.02. The molecule has 0 aliphatic rings. The topological polar surface area (TPSA) is 68.2 Å². The molecule has 0 unspecified atom stereocenters. The summed E-state index contributed by atoms with van der Waals surface area (Å²) < 4.78 is 7.51. The maximum Gasteiger partial charge on any atom is 0.314 e. The molecule has 2 aromatic carbocycles. The predicted molar refractivity (Wildman–Crippen MR) is 107 cm³/mol. The molecule has 6 heteroatoms. The van der Waals surface area contributed by atoms with Gasteiger partial charge in [0, 0.05) is 19.6 Å². The minimum absolute atomic E-state index is 0.142. The van der Waals surface area contributed by atoms with Crippen molar-refractivity contribution >= 4 is 17.1 Å². The molecule has 0 radical (unpaired) electrons. The third kappa shape index (κ3) is 4.78. The molecule has 3 rings (SSSR count). The minimum Gasteiger partial charge on any atom is -0.496 e. The smallest absolute Gasteiger partial charge is 0.314 e. The zero-order valence-corrected chi connectivity index (χ0v) is 15.9. The highest BCUT2D eigenvalue weighted by molar-refractivity contribution is 5.76. The summed E-state index contributed by atoms with van der Waals surface area (Å²) in [5.74, 6) is 1.85. The number of carbonyl (C=O) groups is 1. The van der Waals surface area contributed by atoms with Crippen LogP contribution in [0, 0.1) is 6.92 Å².